The largest absolute Gasteiger partial charge is 0.270 e. The lowest BCUT2D eigenvalue weighted by Crippen LogP contribution is -2.43. The molecule has 1 fully saturated rings. The number of sulfone groups is 1. The molecule has 1 saturated heterocycles. The van der Waals surface area contributed by atoms with Gasteiger partial charge in [0.05, 0.1) is 21.3 Å². The summed E-state index contributed by atoms with van der Waals surface area (Å²) in [4.78, 5) is 10.0. The molecule has 0 bridgehead atoms. The van der Waals surface area contributed by atoms with Crippen LogP contribution < -0.4 is 0 Å². The smallest absolute Gasteiger partial charge is 0.258 e. The molecule has 24 heavy (non-hydrogen) atoms. The maximum absolute atomic E-state index is 12.9. The van der Waals surface area contributed by atoms with E-state index in [1.165, 1.54) is 22.5 Å². The van der Waals surface area contributed by atoms with E-state index >= 15 is 0 Å². The average molecular weight is 376 g/mol. The van der Waals surface area contributed by atoms with Gasteiger partial charge in [-0.15, -0.1) is 0 Å². The van der Waals surface area contributed by atoms with Crippen LogP contribution in [0.3, 0.4) is 0 Å². The highest BCUT2D eigenvalue weighted by Crippen LogP contribution is 2.27. The van der Waals surface area contributed by atoms with Crippen molar-refractivity contribution < 1.29 is 21.8 Å². The summed E-state index contributed by atoms with van der Waals surface area (Å²) in [7, 11) is -7.28. The summed E-state index contributed by atoms with van der Waals surface area (Å²) in [5.74, 6) is -0.272. The Balaban J connectivity index is 2.44. The predicted molar refractivity (Wildman–Crippen MR) is 88.9 cm³/mol. The third kappa shape index (κ3) is 4.11. The molecule has 1 heterocycles. The van der Waals surface area contributed by atoms with E-state index in [0.29, 0.717) is 0 Å². The zero-order chi connectivity index (χ0) is 18.1. The highest BCUT2D eigenvalue weighted by molar-refractivity contribution is 7.92. The molecule has 0 aromatic heterocycles. The van der Waals surface area contributed by atoms with Crippen molar-refractivity contribution in [1.82, 2.24) is 4.31 Å². The molecular formula is C14H20N2O6S2. The van der Waals surface area contributed by atoms with Gasteiger partial charge < -0.3 is 0 Å². The van der Waals surface area contributed by atoms with Crippen LogP contribution in [0.4, 0.5) is 5.69 Å². The van der Waals surface area contributed by atoms with E-state index in [1.807, 2.05) is 13.8 Å². The molecule has 0 spiro atoms. The summed E-state index contributed by atoms with van der Waals surface area (Å²) < 4.78 is 50.5. The molecule has 8 nitrogen and oxygen atoms in total. The molecule has 1 aliphatic rings. The first-order valence-electron chi connectivity index (χ1n) is 7.49. The Bertz CT molecular complexity index is 833. The molecule has 1 aromatic rings. The molecule has 1 aromatic carbocycles. The first-order valence-corrected chi connectivity index (χ1v) is 10.8. The van der Waals surface area contributed by atoms with Gasteiger partial charge in [0.2, 0.25) is 10.0 Å². The second-order valence-electron chi connectivity index (χ2n) is 6.28. The average Bonchev–Trinajstić information content (AvgIpc) is 2.84. The second kappa shape index (κ2) is 6.77. The van der Waals surface area contributed by atoms with Crippen molar-refractivity contribution in [3.8, 4) is 0 Å². The van der Waals surface area contributed by atoms with Gasteiger partial charge in [-0.2, -0.15) is 4.31 Å². The number of nitrogens with zero attached hydrogens (tertiary/aromatic N) is 2. The van der Waals surface area contributed by atoms with Gasteiger partial charge in [-0.1, -0.05) is 19.9 Å². The zero-order valence-corrected chi connectivity index (χ0v) is 15.1. The molecule has 0 saturated carbocycles. The minimum Gasteiger partial charge on any atom is -0.258 e. The van der Waals surface area contributed by atoms with Crippen LogP contribution in [0.5, 0.6) is 0 Å². The number of sulfonamides is 1. The molecule has 0 N–H and O–H groups in total. The Kier molecular flexibility index (Phi) is 5.31. The first-order chi connectivity index (χ1) is 11.0. The number of rotatable bonds is 6. The van der Waals surface area contributed by atoms with Crippen LogP contribution in [-0.4, -0.2) is 50.2 Å². The Morgan fingerprint density at radius 2 is 2.04 bits per heavy atom. The van der Waals surface area contributed by atoms with Crippen molar-refractivity contribution in [2.75, 3.05) is 18.1 Å². The molecular weight excluding hydrogens is 356 g/mol. The topological polar surface area (TPSA) is 115 Å². The number of nitro benzene ring substituents is 1. The standard InChI is InChI=1S/C14H20N2O6S2/c1-11(2)9-15(13-6-7-23(19,20)10-13)24(21,22)14-5-3-4-12(8-14)16(17)18/h3-5,8,11,13H,6-7,9-10H2,1-2H3/t13-/m0/s1. The Labute approximate surface area is 141 Å². The molecule has 0 unspecified atom stereocenters. The lowest BCUT2D eigenvalue weighted by Gasteiger charge is -2.28. The lowest BCUT2D eigenvalue weighted by molar-refractivity contribution is -0.385. The third-order valence-corrected chi connectivity index (χ3v) is 7.46. The monoisotopic (exact) mass is 376 g/mol. The fourth-order valence-corrected chi connectivity index (χ4v) is 6.38. The van der Waals surface area contributed by atoms with Crippen molar-refractivity contribution in [2.24, 2.45) is 5.92 Å². The van der Waals surface area contributed by atoms with Crippen LogP contribution in [0.15, 0.2) is 29.2 Å². The molecule has 1 atom stereocenters. The van der Waals surface area contributed by atoms with Gasteiger partial charge in [-0.25, -0.2) is 16.8 Å². The Morgan fingerprint density at radius 1 is 1.38 bits per heavy atom. The van der Waals surface area contributed by atoms with Crippen LogP contribution in [0.1, 0.15) is 20.3 Å². The SMILES string of the molecule is CC(C)CN([C@H]1CCS(=O)(=O)C1)S(=O)(=O)c1cccc([N+](=O)[O-])c1. The molecule has 0 radical (unpaired) electrons. The summed E-state index contributed by atoms with van der Waals surface area (Å²) in [6.45, 7) is 3.82. The fraction of sp³-hybridized carbons (Fsp3) is 0.571. The third-order valence-electron chi connectivity index (χ3n) is 3.80. The summed E-state index contributed by atoms with van der Waals surface area (Å²) >= 11 is 0. The van der Waals surface area contributed by atoms with Crippen molar-refractivity contribution in [3.63, 3.8) is 0 Å². The maximum Gasteiger partial charge on any atom is 0.270 e. The van der Waals surface area contributed by atoms with Crippen LogP contribution >= 0.6 is 0 Å². The number of nitro groups is 1. The summed E-state index contributed by atoms with van der Waals surface area (Å²) in [5.41, 5.74) is -0.320. The van der Waals surface area contributed by atoms with Gasteiger partial charge in [0.25, 0.3) is 5.69 Å². The molecule has 10 heteroatoms. The summed E-state index contributed by atoms with van der Waals surface area (Å²) in [5, 5.41) is 10.9. The number of non-ortho nitro benzene ring substituents is 1. The molecule has 2 rings (SSSR count). The quantitative estimate of drug-likeness (QED) is 0.548. The van der Waals surface area contributed by atoms with Gasteiger partial charge in [-0.3, -0.25) is 10.1 Å². The van der Waals surface area contributed by atoms with Gasteiger partial charge >= 0.3 is 0 Å². The van der Waals surface area contributed by atoms with E-state index in [-0.39, 0.29) is 41.0 Å². The Hall–Kier alpha value is -1.52. The Morgan fingerprint density at radius 3 is 2.54 bits per heavy atom. The van der Waals surface area contributed by atoms with Crippen molar-refractivity contribution in [3.05, 3.63) is 34.4 Å². The van der Waals surface area contributed by atoms with E-state index in [9.17, 15) is 26.9 Å². The van der Waals surface area contributed by atoms with E-state index in [2.05, 4.69) is 0 Å². The van der Waals surface area contributed by atoms with Crippen molar-refractivity contribution >= 4 is 25.5 Å². The second-order valence-corrected chi connectivity index (χ2v) is 10.4. The van der Waals surface area contributed by atoms with Gasteiger partial charge in [-0.05, 0) is 18.4 Å². The maximum atomic E-state index is 12.9. The molecule has 0 aliphatic carbocycles. The lowest BCUT2D eigenvalue weighted by atomic mass is 10.2. The van der Waals surface area contributed by atoms with Crippen molar-refractivity contribution in [1.29, 1.82) is 0 Å². The number of hydrogen-bond donors (Lipinski definition) is 0. The summed E-state index contributed by atoms with van der Waals surface area (Å²) in [6.07, 6.45) is 0.239. The normalized spacial score (nSPS) is 20.6. The summed E-state index contributed by atoms with van der Waals surface area (Å²) in [6, 6.07) is 4.18. The first kappa shape index (κ1) is 18.8. The molecule has 0 amide bonds. The molecule has 1 aliphatic heterocycles. The van der Waals surface area contributed by atoms with Gasteiger partial charge in [0, 0.05) is 24.7 Å². The highest BCUT2D eigenvalue weighted by atomic mass is 32.2. The zero-order valence-electron chi connectivity index (χ0n) is 13.5. The van der Waals surface area contributed by atoms with E-state index in [4.69, 9.17) is 0 Å². The fourth-order valence-electron chi connectivity index (χ4n) is 2.70. The van der Waals surface area contributed by atoms with Crippen molar-refractivity contribution in [2.45, 2.75) is 31.2 Å². The minimum atomic E-state index is -4.02. The van der Waals surface area contributed by atoms with Crippen LogP contribution in [-0.2, 0) is 19.9 Å². The number of benzene rings is 1. The highest BCUT2D eigenvalue weighted by Gasteiger charge is 2.39. The predicted octanol–water partition coefficient (Wildman–Crippen LogP) is 1.43. The number of hydrogen-bond acceptors (Lipinski definition) is 6. The van der Waals surface area contributed by atoms with Crippen LogP contribution in [0.2, 0.25) is 0 Å². The van der Waals surface area contributed by atoms with E-state index in [1.54, 1.807) is 0 Å². The van der Waals surface area contributed by atoms with Crippen LogP contribution in [0.25, 0.3) is 0 Å². The molecule has 134 valence electrons. The van der Waals surface area contributed by atoms with Crippen LogP contribution in [0, 0.1) is 16.0 Å². The van der Waals surface area contributed by atoms with E-state index in [0.717, 1.165) is 6.07 Å². The minimum absolute atomic E-state index is 0.0122. The van der Waals surface area contributed by atoms with E-state index < -0.39 is 30.8 Å². The van der Waals surface area contributed by atoms with Gasteiger partial charge in [0.1, 0.15) is 0 Å². The van der Waals surface area contributed by atoms with Gasteiger partial charge in [0.15, 0.2) is 9.84 Å².